The van der Waals surface area contributed by atoms with Gasteiger partial charge >= 0.3 is 0 Å². The van der Waals surface area contributed by atoms with Gasteiger partial charge in [-0.2, -0.15) is 5.10 Å². The summed E-state index contributed by atoms with van der Waals surface area (Å²) < 4.78 is 8.09. The van der Waals surface area contributed by atoms with Gasteiger partial charge in [-0.25, -0.2) is 14.6 Å². The Morgan fingerprint density at radius 1 is 0.769 bits per heavy atom. The van der Waals surface area contributed by atoms with E-state index in [9.17, 15) is 0 Å². The summed E-state index contributed by atoms with van der Waals surface area (Å²) in [6.07, 6.45) is 6.26. The number of anilines is 1. The summed E-state index contributed by atoms with van der Waals surface area (Å²) >= 11 is 0. The minimum absolute atomic E-state index is 0.299. The molecule has 0 bridgehead atoms. The second-order valence-corrected chi connectivity index (χ2v) is 11.0. The number of rotatable bonds is 6. The zero-order valence-corrected chi connectivity index (χ0v) is 22.2. The van der Waals surface area contributed by atoms with Gasteiger partial charge < -0.3 is 15.8 Å². The predicted molar refractivity (Wildman–Crippen MR) is 153 cm³/mol. The summed E-state index contributed by atoms with van der Waals surface area (Å²) in [5.74, 6) is 2.06. The Kier molecular flexibility index (Phi) is 6.64. The van der Waals surface area contributed by atoms with Gasteiger partial charge in [0.15, 0.2) is 5.65 Å². The van der Waals surface area contributed by atoms with Crippen molar-refractivity contribution in [3.63, 3.8) is 0 Å². The molecule has 202 valence electrons. The molecule has 0 amide bonds. The zero-order chi connectivity index (χ0) is 26.2. The highest BCUT2D eigenvalue weighted by atomic mass is 16.5. The maximum absolute atomic E-state index is 6.39. The van der Waals surface area contributed by atoms with Gasteiger partial charge in [-0.15, -0.1) is 0 Å². The molecule has 3 saturated heterocycles. The number of likely N-dealkylation sites (tertiary alicyclic amines) is 2. The van der Waals surface area contributed by atoms with Crippen LogP contribution in [0, 0.1) is 0 Å². The first-order valence-corrected chi connectivity index (χ1v) is 14.2. The van der Waals surface area contributed by atoms with E-state index < -0.39 is 0 Å². The molecule has 9 nitrogen and oxygen atoms in total. The number of hydrogen-bond donors (Lipinski definition) is 2. The zero-order valence-electron chi connectivity index (χ0n) is 22.2. The van der Waals surface area contributed by atoms with Gasteiger partial charge in [0, 0.05) is 43.8 Å². The van der Waals surface area contributed by atoms with Crippen LogP contribution >= 0.6 is 0 Å². The fourth-order valence-electron chi connectivity index (χ4n) is 6.44. The lowest BCUT2D eigenvalue weighted by Crippen LogP contribution is -2.64. The van der Waals surface area contributed by atoms with Crippen molar-refractivity contribution in [3.05, 3.63) is 60.9 Å². The van der Waals surface area contributed by atoms with Crippen molar-refractivity contribution in [3.8, 4) is 22.8 Å². The van der Waals surface area contributed by atoms with Crippen molar-refractivity contribution in [2.45, 2.75) is 43.8 Å². The maximum atomic E-state index is 6.39. The summed E-state index contributed by atoms with van der Waals surface area (Å²) in [6, 6.07) is 19.6. The van der Waals surface area contributed by atoms with Crippen LogP contribution in [-0.4, -0.2) is 80.9 Å². The van der Waals surface area contributed by atoms with Crippen LogP contribution in [0.15, 0.2) is 60.9 Å². The smallest absolute Gasteiger partial charge is 0.164 e. The van der Waals surface area contributed by atoms with Crippen LogP contribution < -0.4 is 15.8 Å². The molecule has 3 aliphatic heterocycles. The lowest BCUT2D eigenvalue weighted by atomic mass is 9.95. The Bertz CT molecular complexity index is 1400. The van der Waals surface area contributed by atoms with Gasteiger partial charge in [0.25, 0.3) is 0 Å². The molecule has 7 rings (SSSR count). The SMILES string of the molecule is Nc1ncnc2c1c(-c1ccc(Oc3ccccc3)cc1)nn2C1CCN(C2CN(C3CCNCC3)C2)CC1. The lowest BCUT2D eigenvalue weighted by molar-refractivity contribution is -0.0163. The van der Waals surface area contributed by atoms with E-state index in [2.05, 4.69) is 29.8 Å². The van der Waals surface area contributed by atoms with Gasteiger partial charge in [-0.05, 0) is 75.2 Å². The molecule has 2 aromatic heterocycles. The van der Waals surface area contributed by atoms with Gasteiger partial charge in [-0.1, -0.05) is 18.2 Å². The van der Waals surface area contributed by atoms with Crippen LogP contribution in [0.25, 0.3) is 22.3 Å². The van der Waals surface area contributed by atoms with E-state index >= 15 is 0 Å². The van der Waals surface area contributed by atoms with E-state index in [0.29, 0.717) is 17.9 Å². The molecule has 39 heavy (non-hydrogen) atoms. The monoisotopic (exact) mass is 524 g/mol. The third kappa shape index (κ3) is 4.86. The Morgan fingerprint density at radius 3 is 2.23 bits per heavy atom. The second kappa shape index (κ2) is 10.6. The van der Waals surface area contributed by atoms with E-state index in [1.54, 1.807) is 6.33 Å². The number of nitrogens with zero attached hydrogens (tertiary/aromatic N) is 6. The Labute approximate surface area is 229 Å². The van der Waals surface area contributed by atoms with Crippen molar-refractivity contribution >= 4 is 16.9 Å². The number of piperidine rings is 2. The largest absolute Gasteiger partial charge is 0.457 e. The number of nitrogens with one attached hydrogen (secondary N) is 1. The Balaban J connectivity index is 1.06. The predicted octanol–water partition coefficient (Wildman–Crippen LogP) is 3.94. The summed E-state index contributed by atoms with van der Waals surface area (Å²) in [5.41, 5.74) is 9.01. The molecule has 4 aromatic rings. The van der Waals surface area contributed by atoms with Crippen LogP contribution in [0.3, 0.4) is 0 Å². The van der Waals surface area contributed by atoms with Crippen LogP contribution in [0.5, 0.6) is 11.5 Å². The number of para-hydroxylation sites is 1. The van der Waals surface area contributed by atoms with E-state index in [1.807, 2.05) is 54.6 Å². The molecule has 0 spiro atoms. The molecule has 3 N–H and O–H groups in total. The van der Waals surface area contributed by atoms with Crippen molar-refractivity contribution in [2.75, 3.05) is 45.0 Å². The van der Waals surface area contributed by atoms with Crippen molar-refractivity contribution in [1.29, 1.82) is 0 Å². The van der Waals surface area contributed by atoms with Crippen LogP contribution in [0.1, 0.15) is 31.7 Å². The topological polar surface area (TPSA) is 97.4 Å². The Morgan fingerprint density at radius 2 is 1.49 bits per heavy atom. The second-order valence-electron chi connectivity index (χ2n) is 11.0. The highest BCUT2D eigenvalue weighted by molar-refractivity contribution is 5.98. The molecule has 0 saturated carbocycles. The van der Waals surface area contributed by atoms with Gasteiger partial charge in [0.1, 0.15) is 29.3 Å². The minimum Gasteiger partial charge on any atom is -0.457 e. The van der Waals surface area contributed by atoms with Crippen molar-refractivity contribution in [1.82, 2.24) is 34.9 Å². The third-order valence-corrected chi connectivity index (χ3v) is 8.70. The molecule has 2 aromatic carbocycles. The highest BCUT2D eigenvalue weighted by Crippen LogP contribution is 2.36. The first-order valence-electron chi connectivity index (χ1n) is 14.2. The number of fused-ring (bicyclic) bond motifs is 1. The van der Waals surface area contributed by atoms with Crippen LogP contribution in [0.4, 0.5) is 5.82 Å². The molecule has 0 radical (unpaired) electrons. The molecule has 0 atom stereocenters. The maximum Gasteiger partial charge on any atom is 0.164 e. The lowest BCUT2D eigenvalue weighted by Gasteiger charge is -2.51. The molecule has 3 aliphatic rings. The van der Waals surface area contributed by atoms with E-state index in [0.717, 1.165) is 78.9 Å². The first kappa shape index (κ1) is 24.5. The van der Waals surface area contributed by atoms with Gasteiger partial charge in [0.2, 0.25) is 0 Å². The Hall–Kier alpha value is -3.53. The fraction of sp³-hybridized carbons (Fsp3) is 0.433. The summed E-state index contributed by atoms with van der Waals surface area (Å²) in [7, 11) is 0. The van der Waals surface area contributed by atoms with Crippen LogP contribution in [-0.2, 0) is 0 Å². The number of aromatic nitrogens is 4. The number of nitrogen functional groups attached to an aromatic ring is 1. The van der Waals surface area contributed by atoms with Crippen molar-refractivity contribution in [2.24, 2.45) is 0 Å². The third-order valence-electron chi connectivity index (χ3n) is 8.70. The number of benzene rings is 2. The summed E-state index contributed by atoms with van der Waals surface area (Å²) in [6.45, 7) is 6.96. The molecule has 9 heteroatoms. The van der Waals surface area contributed by atoms with E-state index in [-0.39, 0.29) is 0 Å². The van der Waals surface area contributed by atoms with Crippen LogP contribution in [0.2, 0.25) is 0 Å². The summed E-state index contributed by atoms with van der Waals surface area (Å²) in [5, 5.41) is 9.41. The standard InChI is InChI=1S/C30H36N8O/c31-29-27-28(21-6-8-26(9-7-21)39-25-4-2-1-3-5-25)35-38(30(27)34-20-33-29)23-12-16-36(17-13-23)24-18-37(19-24)22-10-14-32-15-11-22/h1-9,20,22-24,32H,10-19H2,(H2,31,33,34). The summed E-state index contributed by atoms with van der Waals surface area (Å²) in [4.78, 5) is 14.3. The molecular weight excluding hydrogens is 488 g/mol. The molecule has 0 aliphatic carbocycles. The quantitative estimate of drug-likeness (QED) is 0.392. The first-order chi connectivity index (χ1) is 19.2. The highest BCUT2D eigenvalue weighted by Gasteiger charge is 2.38. The number of hydrogen-bond acceptors (Lipinski definition) is 8. The molecule has 5 heterocycles. The van der Waals surface area contributed by atoms with Gasteiger partial charge in [-0.3, -0.25) is 9.80 Å². The number of nitrogens with two attached hydrogens (primary N) is 1. The average Bonchev–Trinajstić information content (AvgIpc) is 3.35. The van der Waals surface area contributed by atoms with E-state index in [1.165, 1.54) is 25.9 Å². The van der Waals surface area contributed by atoms with Crippen molar-refractivity contribution < 1.29 is 4.74 Å². The molecule has 0 unspecified atom stereocenters. The molecule has 3 fully saturated rings. The van der Waals surface area contributed by atoms with E-state index in [4.69, 9.17) is 15.6 Å². The molecular formula is C30H36N8O. The van der Waals surface area contributed by atoms with Gasteiger partial charge in [0.05, 0.1) is 11.4 Å². The number of ether oxygens (including phenoxy) is 1. The average molecular weight is 525 g/mol. The fourth-order valence-corrected chi connectivity index (χ4v) is 6.44. The minimum atomic E-state index is 0.299. The normalized spacial score (nSPS) is 20.3.